The van der Waals surface area contributed by atoms with Gasteiger partial charge in [-0.1, -0.05) is 12.1 Å². The standard InChI is InChI=1S/C14H19F3N2O2/c1-9(2)19(8-14(15,16)17)13(21)12(18)7-10-3-5-11(20)6-4-10/h3-6,9,12,20H,7-8,18H2,1-2H3/t12-/m1/s1. The fourth-order valence-corrected chi connectivity index (χ4v) is 1.89. The Bertz CT molecular complexity index is 472. The topological polar surface area (TPSA) is 66.6 Å². The van der Waals surface area contributed by atoms with Crippen LogP contribution in [0.1, 0.15) is 19.4 Å². The molecule has 1 aromatic rings. The number of phenolic OH excluding ortho intramolecular Hbond substituents is 1. The summed E-state index contributed by atoms with van der Waals surface area (Å²) in [5.74, 6) is -0.671. The molecular weight excluding hydrogens is 285 g/mol. The number of nitrogens with two attached hydrogens (primary N) is 1. The Labute approximate surface area is 121 Å². The largest absolute Gasteiger partial charge is 0.508 e. The number of hydrogen-bond acceptors (Lipinski definition) is 3. The molecule has 21 heavy (non-hydrogen) atoms. The van der Waals surface area contributed by atoms with E-state index in [9.17, 15) is 18.0 Å². The molecule has 0 aliphatic heterocycles. The fraction of sp³-hybridized carbons (Fsp3) is 0.500. The molecule has 0 saturated carbocycles. The minimum atomic E-state index is -4.46. The van der Waals surface area contributed by atoms with Crippen molar-refractivity contribution in [3.05, 3.63) is 29.8 Å². The molecule has 0 aromatic heterocycles. The van der Waals surface area contributed by atoms with E-state index < -0.39 is 30.7 Å². The van der Waals surface area contributed by atoms with Gasteiger partial charge in [-0.05, 0) is 38.0 Å². The van der Waals surface area contributed by atoms with Crippen LogP contribution in [0, 0.1) is 0 Å². The monoisotopic (exact) mass is 304 g/mol. The third-order valence-electron chi connectivity index (χ3n) is 2.97. The Morgan fingerprint density at radius 3 is 2.24 bits per heavy atom. The van der Waals surface area contributed by atoms with E-state index in [2.05, 4.69) is 0 Å². The van der Waals surface area contributed by atoms with Gasteiger partial charge in [-0.15, -0.1) is 0 Å². The molecule has 118 valence electrons. The van der Waals surface area contributed by atoms with E-state index in [0.29, 0.717) is 5.56 Å². The van der Waals surface area contributed by atoms with Crippen molar-refractivity contribution in [1.29, 1.82) is 0 Å². The molecule has 0 unspecified atom stereocenters. The number of hydrogen-bond donors (Lipinski definition) is 2. The molecule has 3 N–H and O–H groups in total. The Hall–Kier alpha value is -1.76. The second-order valence-corrected chi connectivity index (χ2v) is 5.15. The van der Waals surface area contributed by atoms with Gasteiger partial charge in [0.05, 0.1) is 6.04 Å². The Balaban J connectivity index is 2.76. The number of aromatic hydroxyl groups is 1. The summed E-state index contributed by atoms with van der Waals surface area (Å²) in [5, 5.41) is 9.16. The summed E-state index contributed by atoms with van der Waals surface area (Å²) in [4.78, 5) is 12.8. The highest BCUT2D eigenvalue weighted by molar-refractivity contribution is 5.82. The first-order chi connectivity index (χ1) is 9.60. The normalized spacial score (nSPS) is 13.3. The van der Waals surface area contributed by atoms with Crippen molar-refractivity contribution in [2.24, 2.45) is 5.73 Å². The fourth-order valence-electron chi connectivity index (χ4n) is 1.89. The zero-order valence-corrected chi connectivity index (χ0v) is 11.9. The van der Waals surface area contributed by atoms with Crippen LogP contribution >= 0.6 is 0 Å². The summed E-state index contributed by atoms with van der Waals surface area (Å²) >= 11 is 0. The van der Waals surface area contributed by atoms with Gasteiger partial charge in [-0.25, -0.2) is 0 Å². The minimum Gasteiger partial charge on any atom is -0.508 e. The molecule has 0 spiro atoms. The van der Waals surface area contributed by atoms with Crippen LogP contribution in [-0.4, -0.2) is 40.7 Å². The number of rotatable bonds is 5. The van der Waals surface area contributed by atoms with Gasteiger partial charge in [0.25, 0.3) is 0 Å². The minimum absolute atomic E-state index is 0.0690. The van der Waals surface area contributed by atoms with E-state index in [4.69, 9.17) is 10.8 Å². The van der Waals surface area contributed by atoms with Gasteiger partial charge < -0.3 is 15.7 Å². The van der Waals surface area contributed by atoms with Gasteiger partial charge in [-0.2, -0.15) is 13.2 Å². The van der Waals surface area contributed by atoms with Crippen LogP contribution in [0.3, 0.4) is 0 Å². The zero-order valence-electron chi connectivity index (χ0n) is 11.9. The number of carbonyl (C=O) groups excluding carboxylic acids is 1. The van der Waals surface area contributed by atoms with Crippen LogP contribution in [0.5, 0.6) is 5.75 Å². The highest BCUT2D eigenvalue weighted by Crippen LogP contribution is 2.19. The number of halogens is 3. The molecule has 0 bridgehead atoms. The second-order valence-electron chi connectivity index (χ2n) is 5.15. The summed E-state index contributed by atoms with van der Waals surface area (Å²) in [6, 6.07) is 4.37. The average Bonchev–Trinajstić information content (AvgIpc) is 2.36. The van der Waals surface area contributed by atoms with Gasteiger partial charge in [-0.3, -0.25) is 4.79 Å². The third-order valence-corrected chi connectivity index (χ3v) is 2.97. The lowest BCUT2D eigenvalue weighted by Gasteiger charge is -2.30. The molecule has 4 nitrogen and oxygen atoms in total. The molecule has 0 fully saturated rings. The van der Waals surface area contributed by atoms with Gasteiger partial charge in [0, 0.05) is 6.04 Å². The van der Waals surface area contributed by atoms with E-state index in [-0.39, 0.29) is 12.2 Å². The Kier molecular flexibility index (Phi) is 5.60. The smallest absolute Gasteiger partial charge is 0.406 e. The summed E-state index contributed by atoms with van der Waals surface area (Å²) in [7, 11) is 0. The van der Waals surface area contributed by atoms with Gasteiger partial charge in [0.2, 0.25) is 5.91 Å². The Morgan fingerprint density at radius 1 is 1.29 bits per heavy atom. The van der Waals surface area contributed by atoms with Gasteiger partial charge >= 0.3 is 6.18 Å². The van der Waals surface area contributed by atoms with E-state index in [0.717, 1.165) is 4.90 Å². The SMILES string of the molecule is CC(C)N(CC(F)(F)F)C(=O)[C@H](N)Cc1ccc(O)cc1. The maximum absolute atomic E-state index is 12.5. The maximum atomic E-state index is 12.5. The van der Waals surface area contributed by atoms with Crippen molar-refractivity contribution in [3.63, 3.8) is 0 Å². The molecule has 1 rings (SSSR count). The van der Waals surface area contributed by atoms with Crippen LogP contribution in [0.2, 0.25) is 0 Å². The van der Waals surface area contributed by atoms with Crippen molar-refractivity contribution in [2.45, 2.75) is 38.5 Å². The quantitative estimate of drug-likeness (QED) is 0.875. The molecule has 0 saturated heterocycles. The lowest BCUT2D eigenvalue weighted by atomic mass is 10.0. The summed E-state index contributed by atoms with van der Waals surface area (Å²) in [5.41, 5.74) is 6.39. The van der Waals surface area contributed by atoms with Crippen LogP contribution in [-0.2, 0) is 11.2 Å². The lowest BCUT2D eigenvalue weighted by molar-refractivity contribution is -0.165. The zero-order chi connectivity index (χ0) is 16.2. The predicted molar refractivity (Wildman–Crippen MR) is 72.7 cm³/mol. The number of nitrogens with zero attached hydrogens (tertiary/aromatic N) is 1. The van der Waals surface area contributed by atoms with Crippen molar-refractivity contribution in [3.8, 4) is 5.75 Å². The second kappa shape index (κ2) is 6.80. The maximum Gasteiger partial charge on any atom is 0.406 e. The first-order valence-electron chi connectivity index (χ1n) is 6.51. The Morgan fingerprint density at radius 2 is 1.81 bits per heavy atom. The van der Waals surface area contributed by atoms with Crippen LogP contribution < -0.4 is 5.73 Å². The van der Waals surface area contributed by atoms with E-state index in [1.54, 1.807) is 12.1 Å². The highest BCUT2D eigenvalue weighted by atomic mass is 19.4. The van der Waals surface area contributed by atoms with Crippen LogP contribution in [0.15, 0.2) is 24.3 Å². The average molecular weight is 304 g/mol. The first kappa shape index (κ1) is 17.3. The molecule has 1 aromatic carbocycles. The van der Waals surface area contributed by atoms with Gasteiger partial charge in [0.1, 0.15) is 12.3 Å². The molecule has 0 heterocycles. The van der Waals surface area contributed by atoms with E-state index >= 15 is 0 Å². The van der Waals surface area contributed by atoms with Gasteiger partial charge in [0.15, 0.2) is 0 Å². The number of carbonyl (C=O) groups is 1. The molecule has 0 aliphatic rings. The third kappa shape index (κ3) is 5.63. The highest BCUT2D eigenvalue weighted by Gasteiger charge is 2.35. The first-order valence-corrected chi connectivity index (χ1v) is 6.51. The van der Waals surface area contributed by atoms with E-state index in [1.807, 2.05) is 0 Å². The number of alkyl halides is 3. The molecule has 0 radical (unpaired) electrons. The number of benzene rings is 1. The molecule has 7 heteroatoms. The van der Waals surface area contributed by atoms with Crippen molar-refractivity contribution in [2.75, 3.05) is 6.54 Å². The molecule has 1 amide bonds. The van der Waals surface area contributed by atoms with E-state index in [1.165, 1.54) is 26.0 Å². The van der Waals surface area contributed by atoms with Crippen molar-refractivity contribution in [1.82, 2.24) is 4.90 Å². The van der Waals surface area contributed by atoms with Crippen molar-refractivity contribution >= 4 is 5.91 Å². The number of amides is 1. The number of phenols is 1. The van der Waals surface area contributed by atoms with Crippen LogP contribution in [0.4, 0.5) is 13.2 Å². The molecule has 0 aliphatic carbocycles. The predicted octanol–water partition coefficient (Wildman–Crippen LogP) is 2.06. The molecular formula is C14H19F3N2O2. The molecule has 1 atom stereocenters. The summed E-state index contributed by atoms with van der Waals surface area (Å²) in [6.07, 6.45) is -4.35. The van der Waals surface area contributed by atoms with Crippen LogP contribution in [0.25, 0.3) is 0 Å². The summed E-state index contributed by atoms with van der Waals surface area (Å²) < 4.78 is 37.5. The van der Waals surface area contributed by atoms with Crippen molar-refractivity contribution < 1.29 is 23.1 Å². The lowest BCUT2D eigenvalue weighted by Crippen LogP contribution is -2.51. The summed E-state index contributed by atoms with van der Waals surface area (Å²) in [6.45, 7) is 1.71.